The number of hydrogen-bond acceptors (Lipinski definition) is 2. The first-order valence-corrected chi connectivity index (χ1v) is 4.17. The van der Waals surface area contributed by atoms with Crippen molar-refractivity contribution in [2.75, 3.05) is 0 Å². The number of halogens is 5. The summed E-state index contributed by atoms with van der Waals surface area (Å²) in [7, 11) is 0. The molecule has 1 rings (SSSR count). The lowest BCUT2D eigenvalue weighted by Crippen LogP contribution is -2.34. The molecular weight excluding hydrogens is 249 g/mol. The van der Waals surface area contributed by atoms with Crippen LogP contribution >= 0.6 is 0 Å². The molecule has 0 bridgehead atoms. The van der Waals surface area contributed by atoms with E-state index in [1.807, 2.05) is 0 Å². The van der Waals surface area contributed by atoms with Gasteiger partial charge in [0.1, 0.15) is 5.75 Å². The van der Waals surface area contributed by atoms with Crippen molar-refractivity contribution in [2.24, 2.45) is 5.73 Å². The third kappa shape index (κ3) is 3.05. The number of carbonyl (C=O) groups is 1. The zero-order valence-corrected chi connectivity index (χ0v) is 8.09. The van der Waals surface area contributed by atoms with E-state index < -0.39 is 29.5 Å². The molecule has 1 aromatic carbocycles. The quantitative estimate of drug-likeness (QED) is 0.841. The van der Waals surface area contributed by atoms with Gasteiger partial charge in [0.2, 0.25) is 0 Å². The second-order valence-electron chi connectivity index (χ2n) is 2.98. The van der Waals surface area contributed by atoms with Gasteiger partial charge in [0.05, 0.1) is 5.56 Å². The monoisotopic (exact) mass is 255 g/mol. The van der Waals surface area contributed by atoms with E-state index >= 15 is 0 Å². The number of rotatable bonds is 3. The van der Waals surface area contributed by atoms with Crippen LogP contribution in [0.2, 0.25) is 0 Å². The highest BCUT2D eigenvalue weighted by Crippen LogP contribution is 2.36. The highest BCUT2D eigenvalue weighted by atomic mass is 19.4. The molecule has 0 radical (unpaired) electrons. The molecule has 0 aliphatic rings. The van der Waals surface area contributed by atoms with Crippen LogP contribution in [0.15, 0.2) is 24.3 Å². The highest BCUT2D eigenvalue weighted by Gasteiger charge is 2.43. The number of benzene rings is 1. The standard InChI is InChI=1S/C9H6F5NO2/c10-8(11,7(15)16)5-3-1-2-4-6(5)17-9(12,13)14/h1-4H,(H2,15,16). The predicted octanol–water partition coefficient (Wildman–Crippen LogP) is 2.16. The maximum atomic E-state index is 13.2. The SMILES string of the molecule is NC(=O)C(F)(F)c1ccccc1OC(F)(F)F. The summed E-state index contributed by atoms with van der Waals surface area (Å²) in [6.45, 7) is 0. The Morgan fingerprint density at radius 1 is 1.12 bits per heavy atom. The first kappa shape index (κ1) is 13.2. The minimum absolute atomic E-state index is 0.631. The number of primary amides is 1. The molecule has 0 unspecified atom stereocenters. The van der Waals surface area contributed by atoms with Gasteiger partial charge in [-0.15, -0.1) is 13.2 Å². The topological polar surface area (TPSA) is 52.3 Å². The van der Waals surface area contributed by atoms with Crippen LogP contribution in [0.4, 0.5) is 22.0 Å². The van der Waals surface area contributed by atoms with Crippen LogP contribution in [0.25, 0.3) is 0 Å². The molecule has 0 aromatic heterocycles. The first-order chi connectivity index (χ1) is 7.64. The Labute approximate surface area is 92.0 Å². The van der Waals surface area contributed by atoms with E-state index in [-0.39, 0.29) is 0 Å². The van der Waals surface area contributed by atoms with Crippen LogP contribution in [0.5, 0.6) is 5.75 Å². The number of alkyl halides is 5. The summed E-state index contributed by atoms with van der Waals surface area (Å²) in [6, 6.07) is 3.39. The van der Waals surface area contributed by atoms with Crippen molar-refractivity contribution in [3.63, 3.8) is 0 Å². The van der Waals surface area contributed by atoms with E-state index in [0.29, 0.717) is 12.1 Å². The van der Waals surface area contributed by atoms with E-state index in [4.69, 9.17) is 0 Å². The van der Waals surface area contributed by atoms with Crippen molar-refractivity contribution in [1.29, 1.82) is 0 Å². The summed E-state index contributed by atoms with van der Waals surface area (Å²) >= 11 is 0. The van der Waals surface area contributed by atoms with Gasteiger partial charge < -0.3 is 10.5 Å². The summed E-state index contributed by atoms with van der Waals surface area (Å²) in [5, 5.41) is 0. The van der Waals surface area contributed by atoms with Gasteiger partial charge in [-0.05, 0) is 12.1 Å². The molecule has 3 nitrogen and oxygen atoms in total. The summed E-state index contributed by atoms with van der Waals surface area (Å²) in [6.07, 6.45) is -5.14. The third-order valence-corrected chi connectivity index (χ3v) is 1.76. The molecule has 0 spiro atoms. The second kappa shape index (κ2) is 4.19. The molecule has 0 aliphatic carbocycles. The van der Waals surface area contributed by atoms with Crippen molar-refractivity contribution in [1.82, 2.24) is 0 Å². The van der Waals surface area contributed by atoms with Gasteiger partial charge in [-0.1, -0.05) is 12.1 Å². The molecule has 0 aliphatic heterocycles. The summed E-state index contributed by atoms with van der Waals surface area (Å²) in [4.78, 5) is 10.5. The van der Waals surface area contributed by atoms with Crippen LogP contribution in [0.3, 0.4) is 0 Å². The Balaban J connectivity index is 3.21. The fourth-order valence-electron chi connectivity index (χ4n) is 1.07. The molecule has 8 heteroatoms. The minimum Gasteiger partial charge on any atom is -0.405 e. The largest absolute Gasteiger partial charge is 0.573 e. The summed E-state index contributed by atoms with van der Waals surface area (Å²) < 4.78 is 65.5. The highest BCUT2D eigenvalue weighted by molar-refractivity contribution is 5.83. The van der Waals surface area contributed by atoms with Gasteiger partial charge in [0.15, 0.2) is 0 Å². The lowest BCUT2D eigenvalue weighted by atomic mass is 10.1. The summed E-state index contributed by atoms with van der Waals surface area (Å²) in [5.41, 5.74) is 3.18. The van der Waals surface area contributed by atoms with Crippen molar-refractivity contribution >= 4 is 5.91 Å². The zero-order valence-electron chi connectivity index (χ0n) is 8.09. The number of ether oxygens (including phenoxy) is 1. The van der Waals surface area contributed by atoms with Crippen LogP contribution in [0.1, 0.15) is 5.56 Å². The molecule has 0 heterocycles. The van der Waals surface area contributed by atoms with Gasteiger partial charge in [-0.3, -0.25) is 4.79 Å². The smallest absolute Gasteiger partial charge is 0.405 e. The van der Waals surface area contributed by atoms with Crippen LogP contribution in [0, 0.1) is 0 Å². The van der Waals surface area contributed by atoms with E-state index in [1.54, 1.807) is 0 Å². The van der Waals surface area contributed by atoms with Crippen molar-refractivity contribution in [3.8, 4) is 5.75 Å². The molecule has 1 aromatic rings. The Hall–Kier alpha value is -1.86. The minimum atomic E-state index is -5.14. The van der Waals surface area contributed by atoms with Crippen LogP contribution in [-0.2, 0) is 10.7 Å². The average molecular weight is 255 g/mol. The van der Waals surface area contributed by atoms with Crippen LogP contribution in [-0.4, -0.2) is 12.3 Å². The zero-order chi connectivity index (χ0) is 13.3. The molecule has 94 valence electrons. The second-order valence-corrected chi connectivity index (χ2v) is 2.98. The summed E-state index contributed by atoms with van der Waals surface area (Å²) in [5.74, 6) is -7.46. The number of nitrogens with two attached hydrogens (primary N) is 1. The fourth-order valence-corrected chi connectivity index (χ4v) is 1.07. The molecule has 1 amide bonds. The lowest BCUT2D eigenvalue weighted by Gasteiger charge is -2.17. The lowest BCUT2D eigenvalue weighted by molar-refractivity contribution is -0.275. The van der Waals surface area contributed by atoms with E-state index in [0.717, 1.165) is 12.1 Å². The van der Waals surface area contributed by atoms with E-state index in [9.17, 15) is 26.7 Å². The van der Waals surface area contributed by atoms with Crippen molar-refractivity contribution in [3.05, 3.63) is 29.8 Å². The molecule has 0 saturated heterocycles. The third-order valence-electron chi connectivity index (χ3n) is 1.76. The van der Waals surface area contributed by atoms with E-state index in [2.05, 4.69) is 10.5 Å². The Morgan fingerprint density at radius 2 is 1.65 bits per heavy atom. The van der Waals surface area contributed by atoms with Crippen molar-refractivity contribution in [2.45, 2.75) is 12.3 Å². The van der Waals surface area contributed by atoms with Gasteiger partial charge >= 0.3 is 12.3 Å². The van der Waals surface area contributed by atoms with Gasteiger partial charge in [0.25, 0.3) is 5.91 Å². The number of hydrogen-bond donors (Lipinski definition) is 1. The predicted molar refractivity (Wildman–Crippen MR) is 46.2 cm³/mol. The van der Waals surface area contributed by atoms with Crippen LogP contribution < -0.4 is 10.5 Å². The molecule has 17 heavy (non-hydrogen) atoms. The van der Waals surface area contributed by atoms with Crippen molar-refractivity contribution < 1.29 is 31.5 Å². The number of carbonyl (C=O) groups excluding carboxylic acids is 1. The number of para-hydroxylation sites is 1. The van der Waals surface area contributed by atoms with Gasteiger partial charge in [0, 0.05) is 0 Å². The molecule has 0 saturated carbocycles. The molecular formula is C9H6F5NO2. The molecule has 0 atom stereocenters. The molecule has 0 fully saturated rings. The molecule has 2 N–H and O–H groups in total. The van der Waals surface area contributed by atoms with E-state index in [1.165, 1.54) is 0 Å². The van der Waals surface area contributed by atoms with Gasteiger partial charge in [-0.25, -0.2) is 0 Å². The maximum absolute atomic E-state index is 13.2. The Bertz CT molecular complexity index is 430. The maximum Gasteiger partial charge on any atom is 0.573 e. The first-order valence-electron chi connectivity index (χ1n) is 4.17. The normalized spacial score (nSPS) is 12.3. The Kier molecular flexibility index (Phi) is 3.25. The Morgan fingerprint density at radius 3 is 2.12 bits per heavy atom. The fraction of sp³-hybridized carbons (Fsp3) is 0.222. The number of amides is 1. The average Bonchev–Trinajstić information content (AvgIpc) is 2.15. The van der Waals surface area contributed by atoms with Gasteiger partial charge in [-0.2, -0.15) is 8.78 Å².